The van der Waals surface area contributed by atoms with Gasteiger partial charge in [-0.25, -0.2) is 93.6 Å². The molecule has 7 aromatic rings. The fourth-order valence-corrected chi connectivity index (χ4v) is 9.75. The third kappa shape index (κ3) is 7.74. The number of halogens is 18. The zero-order valence-corrected chi connectivity index (χ0v) is 40.0. The first-order valence-electron chi connectivity index (χ1n) is 22.3. The number of nitriles is 5. The molecule has 0 radical (unpaired) electrons. The Morgan fingerprint density at radius 1 is 0.310 bits per heavy atom. The molecule has 0 unspecified atom stereocenters. The lowest BCUT2D eigenvalue weighted by Crippen LogP contribution is -2.14. The number of rotatable bonds is 6. The van der Waals surface area contributed by atoms with Crippen LogP contribution < -0.4 is 0 Å². The molecule has 2 aliphatic rings. The minimum absolute atomic E-state index is 0.489. The van der Waals surface area contributed by atoms with Crippen molar-refractivity contribution in [1.82, 2.24) is 0 Å². The maximum atomic E-state index is 16.9. The predicted molar refractivity (Wildman–Crippen MR) is 253 cm³/mol. The van der Waals surface area contributed by atoms with E-state index in [2.05, 4.69) is 14.5 Å². The summed E-state index contributed by atoms with van der Waals surface area (Å²) in [5, 5.41) is 53.1. The highest BCUT2D eigenvalue weighted by Crippen LogP contribution is 2.62. The van der Waals surface area contributed by atoms with E-state index in [1.807, 2.05) is 0 Å². The van der Waals surface area contributed by atoms with Crippen molar-refractivity contribution in [3.8, 4) is 30.3 Å². The molecular weight excluding hydrogens is 1150 g/mol. The van der Waals surface area contributed by atoms with E-state index in [-0.39, 0.29) is 0 Å². The molecule has 0 atom stereocenters. The van der Waals surface area contributed by atoms with Crippen LogP contribution in [0.15, 0.2) is 48.5 Å². The molecule has 0 amide bonds. The van der Waals surface area contributed by atoms with Crippen LogP contribution in [0, 0.1) is 181 Å². The topological polar surface area (TPSA) is 132 Å². The van der Waals surface area contributed by atoms with Gasteiger partial charge in [-0.15, -0.1) is 0 Å². The van der Waals surface area contributed by atoms with Gasteiger partial charge in [0.15, 0.2) is 93.1 Å². The smallest absolute Gasteiger partial charge is 0.237 e. The van der Waals surface area contributed by atoms with Crippen molar-refractivity contribution in [2.45, 2.75) is 0 Å². The normalized spacial score (nSPS) is 13.5. The van der Waals surface area contributed by atoms with Gasteiger partial charge < -0.3 is 0 Å². The van der Waals surface area contributed by atoms with Gasteiger partial charge >= 0.3 is 0 Å². The Labute approximate surface area is 456 Å². The van der Waals surface area contributed by atoms with Gasteiger partial charge in [-0.2, -0.15) is 26.3 Å². The van der Waals surface area contributed by atoms with Crippen LogP contribution in [0.5, 0.6) is 0 Å². The van der Waals surface area contributed by atoms with Crippen molar-refractivity contribution in [3.05, 3.63) is 265 Å². The van der Waals surface area contributed by atoms with Crippen LogP contribution in [-0.2, 0) is 0 Å². The van der Waals surface area contributed by atoms with Crippen LogP contribution in [-0.4, -0.2) is 0 Å². The largest absolute Gasteiger partial charge is 0.262 e. The van der Waals surface area contributed by atoms with Gasteiger partial charge in [-0.3, -0.25) is 0 Å². The second-order valence-corrected chi connectivity index (χ2v) is 17.1. The number of allylic oxidation sites excluding steroid dienone is 5. The van der Waals surface area contributed by atoms with Crippen LogP contribution in [0.4, 0.5) is 90.4 Å². The Balaban J connectivity index is 1.73. The lowest BCUT2D eigenvalue weighted by Gasteiger charge is -2.23. The minimum atomic E-state index is -2.90. The second kappa shape index (κ2) is 20.7. The SMILES string of the molecule is [C-]#[N+]C1=C(c2ccc(F)cc2)/C(=C(/c2c(F)c(F)c(C#N)c(F)c2F)c2c(F)c(F)c([N+]#[C-])c(F)c2F)c2c(C#N)c3c(c(C#N)c21)/C(=C(/c1c(F)c(F)c(C#N)c(F)c1F)c1c(F)c(F)c([N+]#[C-])c(F)c1F)C(c1ccc(F)cc1)=C3C#N. The quantitative estimate of drug-likeness (QED) is 0.0929. The Kier molecular flexibility index (Phi) is 14.0. The zero-order chi connectivity index (χ0) is 61.6. The maximum Gasteiger partial charge on any atom is 0.262 e. The first-order chi connectivity index (χ1) is 39.9. The summed E-state index contributed by atoms with van der Waals surface area (Å²) < 4.78 is 293. The predicted octanol–water partition coefficient (Wildman–Crippen LogP) is 15.9. The third-order valence-electron chi connectivity index (χ3n) is 13.1. The molecule has 406 valence electrons. The molecule has 0 saturated heterocycles. The lowest BCUT2D eigenvalue weighted by molar-refractivity contribution is 0.443. The molecule has 0 N–H and O–H groups in total. The summed E-state index contributed by atoms with van der Waals surface area (Å²) in [4.78, 5) is 7.90. The number of fused-ring (bicyclic) bond motifs is 2. The van der Waals surface area contributed by atoms with E-state index in [1.54, 1.807) is 0 Å². The highest BCUT2D eigenvalue weighted by Gasteiger charge is 2.48. The van der Waals surface area contributed by atoms with Gasteiger partial charge in [0.05, 0.1) is 64.7 Å². The van der Waals surface area contributed by atoms with E-state index in [9.17, 15) is 35.1 Å². The Hall–Kier alpha value is -11.8. The van der Waals surface area contributed by atoms with Crippen LogP contribution in [0.25, 0.3) is 59.2 Å². The maximum absolute atomic E-state index is 16.9. The summed E-state index contributed by atoms with van der Waals surface area (Å²) >= 11 is 0. The average molecular weight is 1160 g/mol. The van der Waals surface area contributed by atoms with E-state index < -0.39 is 239 Å². The fourth-order valence-electron chi connectivity index (χ4n) is 9.75. The first kappa shape index (κ1) is 56.9. The van der Waals surface area contributed by atoms with Crippen molar-refractivity contribution in [1.29, 1.82) is 26.3 Å². The summed E-state index contributed by atoms with van der Waals surface area (Å²) in [5.74, 6) is -47.6. The van der Waals surface area contributed by atoms with Crippen LogP contribution in [0.2, 0.25) is 0 Å². The van der Waals surface area contributed by atoms with Crippen molar-refractivity contribution < 1.29 is 79.0 Å². The van der Waals surface area contributed by atoms with E-state index in [4.69, 9.17) is 19.7 Å². The number of hydrogen-bond donors (Lipinski definition) is 0. The minimum Gasteiger partial charge on any atom is -0.237 e. The molecule has 26 heteroatoms. The van der Waals surface area contributed by atoms with Gasteiger partial charge in [-0.05, 0) is 52.1 Å². The molecule has 7 aromatic carbocycles. The standard InChI is InChI=1S/C58H8F18N8/c1-82-56-27(18-6-10-20(60)11-7-18)33(35(37-46(67)42(63)25(16-81)43(64)47(37)68)39-50(71)54(75)58(84-3)55(76)51(39)72)30-22(13-78)28-21(12-77)26(17-4-8-19(59)9-5-17)32(29(28)23(14-79)31(30)56)34(36-44(65)40(61)24(15-80)41(62)45(36)66)38-48(69)52(73)57(83-2)53(74)49(38)70/h4-11H/b34-32-,35-33+. The zero-order valence-electron chi connectivity index (χ0n) is 40.0. The highest BCUT2D eigenvalue weighted by atomic mass is 19.2. The van der Waals surface area contributed by atoms with Gasteiger partial charge in [0.25, 0.3) is 11.4 Å². The molecule has 0 spiro atoms. The molecule has 9 rings (SSSR count). The molecule has 0 aliphatic heterocycles. The molecule has 0 saturated carbocycles. The lowest BCUT2D eigenvalue weighted by atomic mass is 9.79. The number of nitrogens with zero attached hydrogens (tertiary/aromatic N) is 8. The second-order valence-electron chi connectivity index (χ2n) is 17.1. The average Bonchev–Trinajstić information content (AvgIpc) is 1.51. The van der Waals surface area contributed by atoms with Crippen molar-refractivity contribution in [2.24, 2.45) is 0 Å². The number of hydrogen-bond acceptors (Lipinski definition) is 5. The fraction of sp³-hybridized carbons (Fsp3) is 0. The summed E-state index contributed by atoms with van der Waals surface area (Å²) in [5.41, 5.74) is -42.8. The monoisotopic (exact) mass is 1160 g/mol. The molecular formula is C58H8F18N8. The summed E-state index contributed by atoms with van der Waals surface area (Å²) in [7, 11) is 0. The van der Waals surface area contributed by atoms with Gasteiger partial charge in [-0.1, -0.05) is 24.3 Å². The molecule has 0 aromatic heterocycles. The Bertz CT molecular complexity index is 4240. The van der Waals surface area contributed by atoms with E-state index in [0.717, 1.165) is 12.1 Å². The molecule has 84 heavy (non-hydrogen) atoms. The highest BCUT2D eigenvalue weighted by molar-refractivity contribution is 6.36. The van der Waals surface area contributed by atoms with Gasteiger partial charge in [0.1, 0.15) is 47.0 Å². The number of benzene rings is 7. The van der Waals surface area contributed by atoms with Crippen molar-refractivity contribution in [2.75, 3.05) is 0 Å². The van der Waals surface area contributed by atoms with E-state index >= 15 is 70.2 Å². The van der Waals surface area contributed by atoms with Crippen molar-refractivity contribution in [3.63, 3.8) is 0 Å². The summed E-state index contributed by atoms with van der Waals surface area (Å²) in [6, 6.07) is 9.94. The molecule has 0 heterocycles. The van der Waals surface area contributed by atoms with E-state index in [0.29, 0.717) is 48.5 Å². The van der Waals surface area contributed by atoms with Gasteiger partial charge in [0, 0.05) is 39.0 Å². The third-order valence-corrected chi connectivity index (χ3v) is 13.1. The van der Waals surface area contributed by atoms with Gasteiger partial charge in [0.2, 0.25) is 5.70 Å². The van der Waals surface area contributed by atoms with Crippen LogP contribution in [0.1, 0.15) is 77.9 Å². The summed E-state index contributed by atoms with van der Waals surface area (Å²) in [6.07, 6.45) is 0. The van der Waals surface area contributed by atoms with E-state index in [1.165, 1.54) is 18.2 Å². The Morgan fingerprint density at radius 3 is 0.893 bits per heavy atom. The molecule has 2 aliphatic carbocycles. The summed E-state index contributed by atoms with van der Waals surface area (Å²) in [6.45, 7) is 22.8. The first-order valence-corrected chi connectivity index (χ1v) is 22.3. The molecule has 0 bridgehead atoms. The van der Waals surface area contributed by atoms with Crippen LogP contribution in [0.3, 0.4) is 0 Å². The molecule has 0 fully saturated rings. The Morgan fingerprint density at radius 2 is 0.595 bits per heavy atom. The van der Waals surface area contributed by atoms with Crippen LogP contribution >= 0.6 is 0 Å². The molecule has 8 nitrogen and oxygen atoms in total. The van der Waals surface area contributed by atoms with Crippen molar-refractivity contribution >= 4 is 56.1 Å².